The van der Waals surface area contributed by atoms with Crippen LogP contribution in [0, 0.1) is 0 Å². The Hall–Kier alpha value is -7.99. The Morgan fingerprint density at radius 3 is 2.06 bits per heavy atom. The summed E-state index contributed by atoms with van der Waals surface area (Å²) in [6, 6.07) is 40.2. The van der Waals surface area contributed by atoms with Gasteiger partial charge in [0, 0.05) is 50.6 Å². The van der Waals surface area contributed by atoms with Crippen LogP contribution >= 0.6 is 0 Å². The van der Waals surface area contributed by atoms with Crippen molar-refractivity contribution in [2.75, 3.05) is 38.5 Å². The number of rotatable bonds is 18. The normalized spacial score (nSPS) is 12.0. The number of ether oxygens (including phenoxy) is 4. The van der Waals surface area contributed by atoms with E-state index in [9.17, 15) is 18.6 Å². The molecule has 8 aromatic carbocycles. The van der Waals surface area contributed by atoms with Gasteiger partial charge < -0.3 is 34.5 Å². The number of aromatic hydroxyl groups is 1. The Balaban J connectivity index is 1.04. The maximum absolute atomic E-state index is 11.3. The number of hydrogen-bond acceptors (Lipinski definition) is 15. The molecule has 4 N–H and O–H groups in total. The van der Waals surface area contributed by atoms with Gasteiger partial charge in [-0.05, 0) is 103 Å². The lowest BCUT2D eigenvalue weighted by molar-refractivity contribution is 0.282. The first kappa shape index (κ1) is 45.6. The van der Waals surface area contributed by atoms with E-state index in [0.29, 0.717) is 74.0 Å². The summed E-state index contributed by atoms with van der Waals surface area (Å²) in [5.74, 6) is 1.66. The molecule has 16 nitrogen and oxygen atoms in total. The quantitative estimate of drug-likeness (QED) is 0.0362. The zero-order valence-electron chi connectivity index (χ0n) is 36.6. The van der Waals surface area contributed by atoms with Gasteiger partial charge in [0.2, 0.25) is 0 Å². The fraction of sp³-hybridized carbons (Fsp3) is 0.160. The number of aliphatic hydroxyl groups is 1. The van der Waals surface area contributed by atoms with Gasteiger partial charge in [0.1, 0.15) is 40.1 Å². The first-order valence-electron chi connectivity index (χ1n) is 21.1. The largest absolute Gasteiger partial charge is 0.505 e. The van der Waals surface area contributed by atoms with Crippen LogP contribution < -0.4 is 24.3 Å². The molecule has 0 unspecified atom stereocenters. The van der Waals surface area contributed by atoms with Crippen molar-refractivity contribution in [3.63, 3.8) is 0 Å². The molecule has 8 aromatic rings. The topological polar surface area (TPSA) is 218 Å². The molecule has 0 spiro atoms. The lowest BCUT2D eigenvalue weighted by Gasteiger charge is -2.12. The minimum absolute atomic E-state index is 0.0149. The molecule has 8 rings (SSSR count). The van der Waals surface area contributed by atoms with Gasteiger partial charge in [0.25, 0.3) is 10.1 Å². The third-order valence-corrected chi connectivity index (χ3v) is 11.4. The average molecular weight is 920 g/mol. The average Bonchev–Trinajstić information content (AvgIpc) is 3.34. The van der Waals surface area contributed by atoms with Gasteiger partial charge in [0.05, 0.1) is 56.9 Å². The fourth-order valence-corrected chi connectivity index (χ4v) is 7.79. The Morgan fingerprint density at radius 1 is 0.582 bits per heavy atom. The fourth-order valence-electron chi connectivity index (χ4n) is 7.31. The van der Waals surface area contributed by atoms with Crippen LogP contribution in [0.5, 0.6) is 28.7 Å². The van der Waals surface area contributed by atoms with Crippen LogP contribution in [0.2, 0.25) is 0 Å². The molecule has 0 bridgehead atoms. The maximum atomic E-state index is 11.3. The van der Waals surface area contributed by atoms with E-state index in [1.54, 1.807) is 43.5 Å². The highest BCUT2D eigenvalue weighted by Crippen LogP contribution is 2.45. The Morgan fingerprint density at radius 2 is 1.30 bits per heavy atom. The van der Waals surface area contributed by atoms with Crippen LogP contribution in [0.25, 0.3) is 32.3 Å². The van der Waals surface area contributed by atoms with Gasteiger partial charge >= 0.3 is 0 Å². The predicted octanol–water partition coefficient (Wildman–Crippen LogP) is 13.4. The van der Waals surface area contributed by atoms with Gasteiger partial charge in [-0.3, -0.25) is 4.55 Å². The summed E-state index contributed by atoms with van der Waals surface area (Å²) >= 11 is 0. The number of methoxy groups -OCH3 is 2. The molecule has 67 heavy (non-hydrogen) atoms. The lowest BCUT2D eigenvalue weighted by Crippen LogP contribution is -2.08. The highest BCUT2D eigenvalue weighted by Gasteiger charge is 2.16. The molecule has 0 atom stereocenters. The third-order valence-electron chi connectivity index (χ3n) is 10.6. The van der Waals surface area contributed by atoms with E-state index in [1.807, 2.05) is 104 Å². The summed E-state index contributed by atoms with van der Waals surface area (Å²) in [6.07, 6.45) is 0.139. The number of phenols is 1. The molecular formula is C50H45N7O9S. The minimum Gasteiger partial charge on any atom is -0.505 e. The van der Waals surface area contributed by atoms with Gasteiger partial charge in [-0.1, -0.05) is 42.5 Å². The van der Waals surface area contributed by atoms with Crippen molar-refractivity contribution in [1.29, 1.82) is 0 Å². The molecule has 0 aliphatic heterocycles. The second-order valence-electron chi connectivity index (χ2n) is 15.0. The highest BCUT2D eigenvalue weighted by molar-refractivity contribution is 7.85. The summed E-state index contributed by atoms with van der Waals surface area (Å²) in [6.45, 7) is 1.92. The molecule has 0 aliphatic carbocycles. The van der Waals surface area contributed by atoms with E-state index >= 15 is 0 Å². The van der Waals surface area contributed by atoms with Crippen LogP contribution in [0.4, 0.5) is 45.5 Å². The zero-order valence-corrected chi connectivity index (χ0v) is 37.4. The van der Waals surface area contributed by atoms with Gasteiger partial charge in [-0.2, -0.15) is 18.6 Å². The Labute approximate surface area is 385 Å². The van der Waals surface area contributed by atoms with E-state index in [-0.39, 0.29) is 31.1 Å². The molecule has 0 aliphatic rings. The van der Waals surface area contributed by atoms with Crippen LogP contribution in [0.15, 0.2) is 164 Å². The minimum atomic E-state index is -4.07. The van der Waals surface area contributed by atoms with Gasteiger partial charge in [-0.25, -0.2) is 0 Å². The molecule has 340 valence electrons. The van der Waals surface area contributed by atoms with Crippen molar-refractivity contribution in [2.24, 2.45) is 30.7 Å². The molecule has 0 fully saturated rings. The van der Waals surface area contributed by atoms with Gasteiger partial charge in [0.15, 0.2) is 5.75 Å². The second-order valence-corrected chi connectivity index (χ2v) is 16.6. The number of hydrogen-bond donors (Lipinski definition) is 4. The number of azo groups is 3. The van der Waals surface area contributed by atoms with Crippen molar-refractivity contribution >= 4 is 87.9 Å². The molecule has 0 heterocycles. The maximum Gasteiger partial charge on any atom is 0.264 e. The monoisotopic (exact) mass is 919 g/mol. The summed E-state index contributed by atoms with van der Waals surface area (Å²) in [7, 11) is -0.950. The number of benzene rings is 8. The van der Waals surface area contributed by atoms with Crippen LogP contribution in [0.3, 0.4) is 0 Å². The van der Waals surface area contributed by atoms with Crippen molar-refractivity contribution < 1.29 is 42.1 Å². The first-order chi connectivity index (χ1) is 32.5. The third kappa shape index (κ3) is 10.8. The van der Waals surface area contributed by atoms with Crippen molar-refractivity contribution in [3.05, 3.63) is 139 Å². The Bertz CT molecular complexity index is 3310. The van der Waals surface area contributed by atoms with E-state index < -0.39 is 15.9 Å². The number of fused-ring (bicyclic) bond motifs is 3. The lowest BCUT2D eigenvalue weighted by atomic mass is 10.1. The number of nitrogens with one attached hydrogen (secondary N) is 1. The number of nitrogens with zero attached hydrogens (tertiary/aromatic N) is 6. The van der Waals surface area contributed by atoms with E-state index in [1.165, 1.54) is 7.11 Å². The van der Waals surface area contributed by atoms with Crippen molar-refractivity contribution in [2.45, 2.75) is 20.0 Å². The SMILES string of the molecule is CCOc1cc(N=Nc2cc(CO)c(N=Nc3ccc4c(OCCCS(=O)(=O)O)cccc4c3)cc2OC)c2ccccc2c1N=Nc1ccc2cc(Nc3ccc(OC)cc3)ccc2c1O. The molecule has 0 radical (unpaired) electrons. The summed E-state index contributed by atoms with van der Waals surface area (Å²) in [4.78, 5) is 0. The summed E-state index contributed by atoms with van der Waals surface area (Å²) in [5, 5.41) is 56.7. The Kier molecular flexibility index (Phi) is 13.9. The van der Waals surface area contributed by atoms with Crippen LogP contribution in [-0.4, -0.2) is 56.4 Å². The molecular weight excluding hydrogens is 875 g/mol. The van der Waals surface area contributed by atoms with Crippen LogP contribution in [0.1, 0.15) is 18.9 Å². The highest BCUT2D eigenvalue weighted by atomic mass is 32.2. The van der Waals surface area contributed by atoms with E-state index in [2.05, 4.69) is 36.0 Å². The zero-order chi connectivity index (χ0) is 46.9. The van der Waals surface area contributed by atoms with Crippen molar-refractivity contribution in [3.8, 4) is 28.7 Å². The van der Waals surface area contributed by atoms with E-state index in [0.717, 1.165) is 33.3 Å². The second kappa shape index (κ2) is 20.5. The van der Waals surface area contributed by atoms with Crippen LogP contribution in [-0.2, 0) is 16.7 Å². The summed E-state index contributed by atoms with van der Waals surface area (Å²) in [5.41, 5.74) is 4.60. The first-order valence-corrected chi connectivity index (χ1v) is 22.7. The number of anilines is 2. The molecule has 0 amide bonds. The van der Waals surface area contributed by atoms with Gasteiger partial charge in [-0.15, -0.1) is 20.5 Å². The molecule has 17 heteroatoms. The van der Waals surface area contributed by atoms with Crippen molar-refractivity contribution in [1.82, 2.24) is 0 Å². The molecule has 0 saturated heterocycles. The number of aliphatic hydroxyl groups excluding tert-OH is 1. The molecule has 0 aromatic heterocycles. The van der Waals surface area contributed by atoms with E-state index in [4.69, 9.17) is 23.5 Å². The smallest absolute Gasteiger partial charge is 0.264 e. The summed E-state index contributed by atoms with van der Waals surface area (Å²) < 4.78 is 53.9. The standard InChI is InChI=1S/C50H45N7O9S/c1-4-65-48-29-44(40-10-5-6-11-41(40)49(48)57-53-42-22-13-32-25-35(16-21-39(32)50(42)59)51-34-14-18-37(63-2)19-15-34)55-56-45-27-33(30-58)43(28-47(45)64-3)54-52-36-17-20-38-31(26-36)9-7-12-46(38)66-23-8-24-67(60,61)62/h5-7,9-22,25-29,51,58-59H,4,8,23-24,30H2,1-3H3,(H,60,61,62). The number of phenolic OH excluding ortho intramolecular Hbond substituents is 1. The predicted molar refractivity (Wildman–Crippen MR) is 259 cm³/mol. The molecule has 0 saturated carbocycles.